The Morgan fingerprint density at radius 2 is 1.79 bits per heavy atom. The summed E-state index contributed by atoms with van der Waals surface area (Å²) in [5.41, 5.74) is 1.16. The first-order valence-corrected chi connectivity index (χ1v) is 15.3. The van der Waals surface area contributed by atoms with Crippen LogP contribution < -0.4 is 9.64 Å². The highest BCUT2D eigenvalue weighted by Crippen LogP contribution is 2.33. The maximum Gasteiger partial charge on any atom is 0.260 e. The molecular formula is C28H37N3O5S2. The van der Waals surface area contributed by atoms with E-state index in [1.165, 1.54) is 27.8 Å². The fourth-order valence-corrected chi connectivity index (χ4v) is 7.26. The molecule has 0 bridgehead atoms. The molecule has 0 aliphatic carbocycles. The van der Waals surface area contributed by atoms with Crippen LogP contribution in [0.25, 0.3) is 10.2 Å². The van der Waals surface area contributed by atoms with E-state index in [1.54, 1.807) is 24.1 Å². The first-order valence-electron chi connectivity index (χ1n) is 13.1. The Hall–Kier alpha value is -2.53. The lowest BCUT2D eigenvalue weighted by Crippen LogP contribution is -2.38. The van der Waals surface area contributed by atoms with E-state index in [1.807, 2.05) is 45.9 Å². The van der Waals surface area contributed by atoms with Crippen LogP contribution in [0, 0.1) is 11.8 Å². The molecule has 1 amide bonds. The number of methoxy groups -OCH3 is 1. The van der Waals surface area contributed by atoms with Gasteiger partial charge in [-0.1, -0.05) is 39.0 Å². The molecule has 8 nitrogen and oxygen atoms in total. The molecule has 0 radical (unpaired) electrons. The first-order chi connectivity index (χ1) is 18.1. The van der Waals surface area contributed by atoms with Crippen LogP contribution in [0.5, 0.6) is 5.75 Å². The van der Waals surface area contributed by atoms with Crippen LogP contribution >= 0.6 is 11.3 Å². The maximum atomic E-state index is 13.8. The molecule has 206 valence electrons. The second-order valence-corrected chi connectivity index (χ2v) is 13.5. The van der Waals surface area contributed by atoms with Gasteiger partial charge in [-0.2, -0.15) is 4.31 Å². The quantitative estimate of drug-likeness (QED) is 0.311. The summed E-state index contributed by atoms with van der Waals surface area (Å²) in [5.74, 6) is 0.859. The van der Waals surface area contributed by atoms with Crippen molar-refractivity contribution in [3.63, 3.8) is 0 Å². The Labute approximate surface area is 229 Å². The fourth-order valence-electron chi connectivity index (χ4n) is 4.54. The molecule has 1 fully saturated rings. The first kappa shape index (κ1) is 28.5. The van der Waals surface area contributed by atoms with Crippen molar-refractivity contribution in [1.82, 2.24) is 9.29 Å². The highest BCUT2D eigenvalue weighted by Gasteiger charge is 2.29. The van der Waals surface area contributed by atoms with Crippen molar-refractivity contribution in [2.45, 2.75) is 51.5 Å². The summed E-state index contributed by atoms with van der Waals surface area (Å²) < 4.78 is 40.5. The predicted octanol–water partition coefficient (Wildman–Crippen LogP) is 5.43. The zero-order chi connectivity index (χ0) is 27.4. The van der Waals surface area contributed by atoms with E-state index in [0.29, 0.717) is 42.7 Å². The number of aromatic nitrogens is 1. The summed E-state index contributed by atoms with van der Waals surface area (Å²) in [6.45, 7) is 9.97. The Morgan fingerprint density at radius 3 is 2.37 bits per heavy atom. The number of ether oxygens (including phenoxy) is 2. The van der Waals surface area contributed by atoms with Gasteiger partial charge in [0.25, 0.3) is 5.91 Å². The number of sulfonamides is 1. The average Bonchev–Trinajstić information content (AvgIpc) is 3.55. The lowest BCUT2D eigenvalue weighted by molar-refractivity contribution is 0.0917. The zero-order valence-corrected chi connectivity index (χ0v) is 24.3. The highest BCUT2D eigenvalue weighted by molar-refractivity contribution is 7.89. The number of anilines is 1. The van der Waals surface area contributed by atoms with Gasteiger partial charge in [-0.25, -0.2) is 13.4 Å². The van der Waals surface area contributed by atoms with Gasteiger partial charge in [-0.3, -0.25) is 9.69 Å². The molecule has 1 atom stereocenters. The molecule has 1 aliphatic rings. The second-order valence-electron chi connectivity index (χ2n) is 10.5. The molecule has 4 rings (SSSR count). The van der Waals surface area contributed by atoms with Gasteiger partial charge in [-0.15, -0.1) is 0 Å². The maximum absolute atomic E-state index is 13.8. The average molecular weight is 560 g/mol. The van der Waals surface area contributed by atoms with Crippen LogP contribution in [0.2, 0.25) is 0 Å². The Bertz CT molecular complexity index is 1340. The Morgan fingerprint density at radius 1 is 1.11 bits per heavy atom. The minimum Gasteiger partial charge on any atom is -0.497 e. The van der Waals surface area contributed by atoms with Crippen molar-refractivity contribution < 1.29 is 22.7 Å². The molecule has 38 heavy (non-hydrogen) atoms. The normalized spacial score (nSPS) is 16.2. The second kappa shape index (κ2) is 12.1. The number of rotatable bonds is 11. The summed E-state index contributed by atoms with van der Waals surface area (Å²) >= 11 is 1.43. The monoisotopic (exact) mass is 559 g/mol. The van der Waals surface area contributed by atoms with E-state index in [2.05, 4.69) is 0 Å². The molecule has 2 heterocycles. The number of amides is 1. The molecule has 0 spiro atoms. The smallest absolute Gasteiger partial charge is 0.260 e. The SMILES string of the molecule is COc1ccc2sc(N(CC3CCCO3)C(=O)c3ccc(S(=O)(=O)N(CC(C)C)CC(C)C)cc3)nc2c1. The minimum atomic E-state index is -3.68. The fraction of sp³-hybridized carbons (Fsp3) is 0.500. The van der Waals surface area contributed by atoms with Crippen LogP contribution in [0.4, 0.5) is 5.13 Å². The molecule has 1 saturated heterocycles. The summed E-state index contributed by atoms with van der Waals surface area (Å²) in [6.07, 6.45) is 1.77. The number of thiazole rings is 1. The number of fused-ring (bicyclic) bond motifs is 1. The van der Waals surface area contributed by atoms with Crippen LogP contribution in [0.3, 0.4) is 0 Å². The van der Waals surface area contributed by atoms with Gasteiger partial charge in [0.2, 0.25) is 10.0 Å². The lowest BCUT2D eigenvalue weighted by atomic mass is 10.2. The van der Waals surface area contributed by atoms with Crippen LogP contribution in [0.1, 0.15) is 50.9 Å². The lowest BCUT2D eigenvalue weighted by Gasteiger charge is -2.26. The van der Waals surface area contributed by atoms with Gasteiger partial charge in [0.05, 0.1) is 34.9 Å². The Balaban J connectivity index is 1.63. The molecule has 3 aromatic rings. The molecule has 0 saturated carbocycles. The van der Waals surface area contributed by atoms with Crippen LogP contribution in [0.15, 0.2) is 47.4 Å². The topological polar surface area (TPSA) is 89.0 Å². The van der Waals surface area contributed by atoms with Gasteiger partial charge in [0.15, 0.2) is 5.13 Å². The predicted molar refractivity (Wildman–Crippen MR) is 152 cm³/mol. The number of hydrogen-bond donors (Lipinski definition) is 0. The van der Waals surface area contributed by atoms with Gasteiger partial charge >= 0.3 is 0 Å². The molecule has 1 aliphatic heterocycles. The van der Waals surface area contributed by atoms with Crippen molar-refractivity contribution in [3.8, 4) is 5.75 Å². The molecule has 10 heteroatoms. The molecular weight excluding hydrogens is 522 g/mol. The van der Waals surface area contributed by atoms with Crippen molar-refractivity contribution in [3.05, 3.63) is 48.0 Å². The number of nitrogens with zero attached hydrogens (tertiary/aromatic N) is 3. The summed E-state index contributed by atoms with van der Waals surface area (Å²) in [7, 11) is -2.07. The molecule has 1 aromatic heterocycles. The Kier molecular flexibility index (Phi) is 9.07. The number of carbonyl (C=O) groups excluding carboxylic acids is 1. The molecule has 1 unspecified atom stereocenters. The van der Waals surface area contributed by atoms with E-state index in [4.69, 9.17) is 14.5 Å². The van der Waals surface area contributed by atoms with Crippen molar-refractivity contribution in [1.29, 1.82) is 0 Å². The zero-order valence-electron chi connectivity index (χ0n) is 22.7. The number of carbonyl (C=O) groups is 1. The van der Waals surface area contributed by atoms with Crippen LogP contribution in [-0.4, -0.2) is 63.1 Å². The largest absolute Gasteiger partial charge is 0.497 e. The molecule has 0 N–H and O–H groups in total. The molecule has 2 aromatic carbocycles. The minimum absolute atomic E-state index is 0.0687. The van der Waals surface area contributed by atoms with Crippen molar-refractivity contribution in [2.75, 3.05) is 38.3 Å². The highest BCUT2D eigenvalue weighted by atomic mass is 32.2. The van der Waals surface area contributed by atoms with Crippen molar-refractivity contribution in [2.24, 2.45) is 11.8 Å². The van der Waals surface area contributed by atoms with Crippen LogP contribution in [-0.2, 0) is 14.8 Å². The van der Waals surface area contributed by atoms with Crippen molar-refractivity contribution >= 4 is 42.6 Å². The van der Waals surface area contributed by atoms with E-state index in [-0.39, 0.29) is 28.7 Å². The number of benzene rings is 2. The third kappa shape index (κ3) is 6.54. The van der Waals surface area contributed by atoms with Gasteiger partial charge in [0, 0.05) is 31.3 Å². The summed E-state index contributed by atoms with van der Waals surface area (Å²) in [6, 6.07) is 11.9. The third-order valence-corrected chi connectivity index (χ3v) is 9.25. The van der Waals surface area contributed by atoms with Gasteiger partial charge in [-0.05, 0) is 61.1 Å². The van der Waals surface area contributed by atoms with Gasteiger partial charge < -0.3 is 9.47 Å². The summed E-state index contributed by atoms with van der Waals surface area (Å²) in [5, 5.41) is 0.575. The van der Waals surface area contributed by atoms with E-state index >= 15 is 0 Å². The number of hydrogen-bond acceptors (Lipinski definition) is 7. The van der Waals surface area contributed by atoms with Gasteiger partial charge in [0.1, 0.15) is 5.75 Å². The van der Waals surface area contributed by atoms with E-state index in [0.717, 1.165) is 23.1 Å². The van der Waals surface area contributed by atoms with E-state index < -0.39 is 10.0 Å². The third-order valence-electron chi connectivity index (χ3n) is 6.35. The summed E-state index contributed by atoms with van der Waals surface area (Å²) in [4.78, 5) is 20.3. The van der Waals surface area contributed by atoms with E-state index in [9.17, 15) is 13.2 Å². The standard InChI is InChI=1S/C28H37N3O5S2/c1-19(2)16-30(17-20(3)4)38(33,34)24-11-8-21(9-12-24)27(32)31(18-23-7-6-14-36-23)28-29-25-15-22(35-5)10-13-26(25)37-28/h8-13,15,19-20,23H,6-7,14,16-18H2,1-5H3.